The van der Waals surface area contributed by atoms with E-state index in [1.807, 2.05) is 6.26 Å². The van der Waals surface area contributed by atoms with E-state index in [-0.39, 0.29) is 0 Å². The highest BCUT2D eigenvalue weighted by Crippen LogP contribution is 2.24. The van der Waals surface area contributed by atoms with Gasteiger partial charge in [-0.1, -0.05) is 63.1 Å². The van der Waals surface area contributed by atoms with Gasteiger partial charge in [-0.3, -0.25) is 4.79 Å². The number of carbonyl (C=O) groups excluding carboxylic acids is 1. The first-order valence-electron chi connectivity index (χ1n) is 6.42. The Labute approximate surface area is 98.4 Å². The first-order chi connectivity index (χ1) is 7.34. The molecule has 0 amide bonds. The highest BCUT2D eigenvalue weighted by molar-refractivity contribution is 8.13. The van der Waals surface area contributed by atoms with E-state index in [0.717, 1.165) is 12.8 Å². The van der Waals surface area contributed by atoms with Crippen LogP contribution in [0, 0.1) is 5.92 Å². The molecule has 0 atom stereocenters. The van der Waals surface area contributed by atoms with Crippen molar-refractivity contribution in [2.75, 3.05) is 6.26 Å². The van der Waals surface area contributed by atoms with Gasteiger partial charge < -0.3 is 0 Å². The first kappa shape index (κ1) is 13.1. The summed E-state index contributed by atoms with van der Waals surface area (Å²) in [5, 5.41) is 0.425. The third-order valence-corrected chi connectivity index (χ3v) is 4.13. The molecule has 0 unspecified atom stereocenters. The summed E-state index contributed by atoms with van der Waals surface area (Å²) in [5.74, 6) is 0.359. The van der Waals surface area contributed by atoms with E-state index in [1.165, 1.54) is 63.1 Å². The van der Waals surface area contributed by atoms with Crippen molar-refractivity contribution in [2.24, 2.45) is 5.92 Å². The van der Waals surface area contributed by atoms with Crippen LogP contribution in [-0.4, -0.2) is 11.4 Å². The Morgan fingerprint density at radius 3 is 1.67 bits per heavy atom. The summed E-state index contributed by atoms with van der Waals surface area (Å²) in [7, 11) is 0. The lowest BCUT2D eigenvalue weighted by Gasteiger charge is -2.13. The molecular formula is C13H24OS. The highest BCUT2D eigenvalue weighted by Gasteiger charge is 2.16. The Hall–Kier alpha value is 0.0200. The molecule has 1 fully saturated rings. The number of hydrogen-bond donors (Lipinski definition) is 0. The van der Waals surface area contributed by atoms with Gasteiger partial charge in [0.1, 0.15) is 0 Å². The second kappa shape index (κ2) is 8.20. The van der Waals surface area contributed by atoms with Crippen LogP contribution in [0.3, 0.4) is 0 Å². The maximum Gasteiger partial charge on any atom is 0.191 e. The lowest BCUT2D eigenvalue weighted by molar-refractivity contribution is -0.114. The van der Waals surface area contributed by atoms with Crippen molar-refractivity contribution in [3.05, 3.63) is 0 Å². The molecule has 1 nitrogen and oxygen atoms in total. The van der Waals surface area contributed by atoms with Crippen LogP contribution < -0.4 is 0 Å². The third-order valence-electron chi connectivity index (χ3n) is 3.39. The quantitative estimate of drug-likeness (QED) is 0.661. The number of hydrogen-bond acceptors (Lipinski definition) is 2. The first-order valence-corrected chi connectivity index (χ1v) is 7.65. The summed E-state index contributed by atoms with van der Waals surface area (Å²) in [4.78, 5) is 11.7. The molecule has 2 heteroatoms. The van der Waals surface area contributed by atoms with Gasteiger partial charge in [0.05, 0.1) is 0 Å². The summed E-state index contributed by atoms with van der Waals surface area (Å²) in [6.45, 7) is 0. The van der Waals surface area contributed by atoms with Crippen LogP contribution in [0.4, 0.5) is 0 Å². The van der Waals surface area contributed by atoms with Gasteiger partial charge in [-0.05, 0) is 19.1 Å². The second-order valence-corrected chi connectivity index (χ2v) is 5.44. The van der Waals surface area contributed by atoms with Crippen molar-refractivity contribution < 1.29 is 4.79 Å². The molecule has 15 heavy (non-hydrogen) atoms. The van der Waals surface area contributed by atoms with Crippen LogP contribution in [0.15, 0.2) is 0 Å². The zero-order valence-electron chi connectivity index (χ0n) is 9.96. The molecule has 1 aliphatic carbocycles. The number of rotatable bonds is 1. The second-order valence-electron chi connectivity index (χ2n) is 4.63. The van der Waals surface area contributed by atoms with Crippen LogP contribution in [-0.2, 0) is 4.79 Å². The normalized spacial score (nSPS) is 21.9. The molecule has 0 bridgehead atoms. The number of thioether (sulfide) groups is 1. The Kier molecular flexibility index (Phi) is 7.16. The van der Waals surface area contributed by atoms with Gasteiger partial charge in [-0.25, -0.2) is 0 Å². The van der Waals surface area contributed by atoms with E-state index >= 15 is 0 Å². The maximum absolute atomic E-state index is 11.7. The SMILES string of the molecule is CSC(=O)C1CCCCCCCCCC1. The lowest BCUT2D eigenvalue weighted by Crippen LogP contribution is -2.10. The summed E-state index contributed by atoms with van der Waals surface area (Å²) in [6.07, 6.45) is 14.9. The van der Waals surface area contributed by atoms with Crippen molar-refractivity contribution in [1.29, 1.82) is 0 Å². The number of carbonyl (C=O) groups is 1. The largest absolute Gasteiger partial charge is 0.287 e. The predicted molar refractivity (Wildman–Crippen MR) is 68.2 cm³/mol. The van der Waals surface area contributed by atoms with E-state index in [9.17, 15) is 4.79 Å². The average molecular weight is 228 g/mol. The molecule has 1 aliphatic rings. The predicted octanol–water partition coefficient (Wildman–Crippen LogP) is 4.41. The van der Waals surface area contributed by atoms with E-state index < -0.39 is 0 Å². The Bertz CT molecular complexity index is 167. The van der Waals surface area contributed by atoms with Gasteiger partial charge in [0.2, 0.25) is 0 Å². The summed E-state index contributed by atoms with van der Waals surface area (Å²) < 4.78 is 0. The van der Waals surface area contributed by atoms with Gasteiger partial charge in [-0.15, -0.1) is 0 Å². The van der Waals surface area contributed by atoms with Crippen LogP contribution in [0.1, 0.15) is 64.2 Å². The summed E-state index contributed by atoms with van der Waals surface area (Å²) in [5.41, 5.74) is 0. The van der Waals surface area contributed by atoms with E-state index in [4.69, 9.17) is 0 Å². The Balaban J connectivity index is 2.35. The van der Waals surface area contributed by atoms with Crippen LogP contribution in [0.2, 0.25) is 0 Å². The topological polar surface area (TPSA) is 17.1 Å². The highest BCUT2D eigenvalue weighted by atomic mass is 32.2. The summed E-state index contributed by atoms with van der Waals surface area (Å²) in [6, 6.07) is 0. The van der Waals surface area contributed by atoms with Crippen molar-refractivity contribution in [3.8, 4) is 0 Å². The van der Waals surface area contributed by atoms with Crippen molar-refractivity contribution >= 4 is 16.9 Å². The van der Waals surface area contributed by atoms with Crippen molar-refractivity contribution in [2.45, 2.75) is 64.2 Å². The molecule has 0 radical (unpaired) electrons. The van der Waals surface area contributed by atoms with Gasteiger partial charge in [-0.2, -0.15) is 0 Å². The molecule has 0 saturated heterocycles. The van der Waals surface area contributed by atoms with Crippen molar-refractivity contribution in [1.82, 2.24) is 0 Å². The Morgan fingerprint density at radius 1 is 0.867 bits per heavy atom. The van der Waals surface area contributed by atoms with E-state index in [2.05, 4.69) is 0 Å². The molecule has 1 saturated carbocycles. The lowest BCUT2D eigenvalue weighted by atomic mass is 9.97. The molecule has 0 heterocycles. The smallest absolute Gasteiger partial charge is 0.191 e. The molecule has 0 aromatic heterocycles. The van der Waals surface area contributed by atoms with Gasteiger partial charge in [0, 0.05) is 5.92 Å². The fraction of sp³-hybridized carbons (Fsp3) is 0.923. The molecule has 0 aromatic carbocycles. The monoisotopic (exact) mass is 228 g/mol. The maximum atomic E-state index is 11.7. The molecule has 0 aromatic rings. The minimum atomic E-state index is 0.359. The Morgan fingerprint density at radius 2 is 1.27 bits per heavy atom. The van der Waals surface area contributed by atoms with E-state index in [1.54, 1.807) is 0 Å². The van der Waals surface area contributed by atoms with Crippen LogP contribution in [0.25, 0.3) is 0 Å². The minimum Gasteiger partial charge on any atom is -0.287 e. The zero-order valence-corrected chi connectivity index (χ0v) is 10.8. The van der Waals surface area contributed by atoms with Gasteiger partial charge in [0.25, 0.3) is 0 Å². The van der Waals surface area contributed by atoms with Crippen LogP contribution in [0.5, 0.6) is 0 Å². The van der Waals surface area contributed by atoms with Gasteiger partial charge in [0.15, 0.2) is 5.12 Å². The van der Waals surface area contributed by atoms with E-state index in [0.29, 0.717) is 11.0 Å². The molecule has 0 aliphatic heterocycles. The molecule has 0 spiro atoms. The molecule has 88 valence electrons. The zero-order chi connectivity index (χ0) is 10.9. The fourth-order valence-corrected chi connectivity index (χ4v) is 2.96. The molecular weight excluding hydrogens is 204 g/mol. The molecule has 0 N–H and O–H groups in total. The third kappa shape index (κ3) is 5.60. The molecule has 1 rings (SSSR count). The fourth-order valence-electron chi connectivity index (χ4n) is 2.39. The van der Waals surface area contributed by atoms with Crippen LogP contribution >= 0.6 is 11.8 Å². The van der Waals surface area contributed by atoms with Crippen molar-refractivity contribution in [3.63, 3.8) is 0 Å². The standard InChI is InChI=1S/C13H24OS/c1-15-13(14)12-10-8-6-4-2-3-5-7-9-11-12/h12H,2-11H2,1H3. The minimum absolute atomic E-state index is 0.359. The summed E-state index contributed by atoms with van der Waals surface area (Å²) >= 11 is 1.43. The average Bonchev–Trinajstić information content (AvgIpc) is 2.32. The van der Waals surface area contributed by atoms with Gasteiger partial charge >= 0.3 is 0 Å².